The second-order valence-electron chi connectivity index (χ2n) is 8.22. The van der Waals surface area contributed by atoms with E-state index in [0.29, 0.717) is 25.7 Å². The van der Waals surface area contributed by atoms with Gasteiger partial charge in [0.05, 0.1) is 4.75 Å². The summed E-state index contributed by atoms with van der Waals surface area (Å²) in [5, 5.41) is 2.99. The van der Waals surface area contributed by atoms with Crippen LogP contribution in [0.25, 0.3) is 0 Å². The van der Waals surface area contributed by atoms with Gasteiger partial charge in [-0.25, -0.2) is 13.1 Å². The molecule has 1 fully saturated rings. The smallest absolute Gasteiger partial charge is 0.227 e. The first-order chi connectivity index (χ1) is 12.0. The molecule has 0 spiro atoms. The van der Waals surface area contributed by atoms with E-state index in [1.165, 1.54) is 0 Å². The highest BCUT2D eigenvalue weighted by atomic mass is 32.2. The zero-order valence-electron chi connectivity index (χ0n) is 16.4. The Kier molecular flexibility index (Phi) is 6.34. The van der Waals surface area contributed by atoms with E-state index in [2.05, 4.69) is 10.0 Å². The first-order valence-electron chi connectivity index (χ1n) is 9.10. The standard InChI is InChI=1S/C19H31N3O3S/c1-19(2,3)26(24,25)21-15-11-9-14(10-12-15)18(23)20-16-7-6-8-17(13-16)22(4)5/h6-8,13-15,21H,9-12H2,1-5H3,(H,20,23)/t14-,15-. The van der Waals surface area contributed by atoms with Crippen molar-refractivity contribution in [3.05, 3.63) is 24.3 Å². The average Bonchev–Trinajstić information content (AvgIpc) is 2.54. The summed E-state index contributed by atoms with van der Waals surface area (Å²) in [4.78, 5) is 14.5. The summed E-state index contributed by atoms with van der Waals surface area (Å²) in [5.74, 6) is -0.0635. The summed E-state index contributed by atoms with van der Waals surface area (Å²) >= 11 is 0. The minimum atomic E-state index is -3.35. The number of hydrogen-bond acceptors (Lipinski definition) is 4. The largest absolute Gasteiger partial charge is 0.378 e. The van der Waals surface area contributed by atoms with Gasteiger partial charge in [-0.3, -0.25) is 4.79 Å². The van der Waals surface area contributed by atoms with Gasteiger partial charge in [-0.1, -0.05) is 6.07 Å². The average molecular weight is 382 g/mol. The van der Waals surface area contributed by atoms with Gasteiger partial charge in [-0.2, -0.15) is 0 Å². The summed E-state index contributed by atoms with van der Waals surface area (Å²) in [6, 6.07) is 7.65. The maximum atomic E-state index is 12.5. The van der Waals surface area contributed by atoms with Crippen molar-refractivity contribution in [2.75, 3.05) is 24.3 Å². The molecule has 26 heavy (non-hydrogen) atoms. The SMILES string of the molecule is CN(C)c1cccc(NC(=O)[C@H]2CC[C@H](NS(=O)(=O)C(C)(C)C)CC2)c1. The maximum Gasteiger partial charge on any atom is 0.227 e. The van der Waals surface area contributed by atoms with Crippen molar-refractivity contribution in [3.63, 3.8) is 0 Å². The van der Waals surface area contributed by atoms with Crippen molar-refractivity contribution in [2.24, 2.45) is 5.92 Å². The fourth-order valence-electron chi connectivity index (χ4n) is 2.98. The summed E-state index contributed by atoms with van der Waals surface area (Å²) in [6.45, 7) is 5.07. The highest BCUT2D eigenvalue weighted by Gasteiger charge is 2.34. The van der Waals surface area contributed by atoms with Gasteiger partial charge in [0.15, 0.2) is 0 Å². The van der Waals surface area contributed by atoms with E-state index in [1.54, 1.807) is 20.8 Å². The van der Waals surface area contributed by atoms with E-state index < -0.39 is 14.8 Å². The van der Waals surface area contributed by atoms with Crippen LogP contribution in [0.1, 0.15) is 46.5 Å². The fourth-order valence-corrected chi connectivity index (χ4v) is 4.00. The van der Waals surface area contributed by atoms with Gasteiger partial charge in [-0.05, 0) is 64.7 Å². The first-order valence-corrected chi connectivity index (χ1v) is 10.6. The number of carbonyl (C=O) groups excluding carboxylic acids is 1. The van der Waals surface area contributed by atoms with Crippen LogP contribution in [-0.2, 0) is 14.8 Å². The zero-order chi connectivity index (χ0) is 19.5. The van der Waals surface area contributed by atoms with Gasteiger partial charge in [0.2, 0.25) is 15.9 Å². The molecule has 1 aromatic carbocycles. The van der Waals surface area contributed by atoms with E-state index in [-0.39, 0.29) is 17.9 Å². The quantitative estimate of drug-likeness (QED) is 0.822. The predicted octanol–water partition coefficient (Wildman–Crippen LogP) is 2.97. The molecule has 0 atom stereocenters. The van der Waals surface area contributed by atoms with Crippen molar-refractivity contribution in [2.45, 2.75) is 57.2 Å². The maximum absolute atomic E-state index is 12.5. The van der Waals surface area contributed by atoms with Gasteiger partial charge in [0.1, 0.15) is 0 Å². The van der Waals surface area contributed by atoms with E-state index in [4.69, 9.17) is 0 Å². The highest BCUT2D eigenvalue weighted by Crippen LogP contribution is 2.28. The molecular weight excluding hydrogens is 350 g/mol. The van der Waals surface area contributed by atoms with Crippen LogP contribution in [0.15, 0.2) is 24.3 Å². The normalized spacial score (nSPS) is 21.3. The minimum absolute atomic E-state index is 0.0121. The third-order valence-corrected chi connectivity index (χ3v) is 7.11. The van der Waals surface area contributed by atoms with Crippen LogP contribution in [0.3, 0.4) is 0 Å². The second kappa shape index (κ2) is 7.96. The molecule has 0 bridgehead atoms. The Labute approximate surface area is 157 Å². The van der Waals surface area contributed by atoms with Crippen molar-refractivity contribution in [1.29, 1.82) is 0 Å². The van der Waals surface area contributed by atoms with E-state index >= 15 is 0 Å². The number of hydrogen-bond donors (Lipinski definition) is 2. The predicted molar refractivity (Wildman–Crippen MR) is 107 cm³/mol. The lowest BCUT2D eigenvalue weighted by Crippen LogP contribution is -2.46. The molecule has 6 nitrogen and oxygen atoms in total. The number of carbonyl (C=O) groups is 1. The van der Waals surface area contributed by atoms with Crippen molar-refractivity contribution in [3.8, 4) is 0 Å². The van der Waals surface area contributed by atoms with Crippen LogP contribution in [0.2, 0.25) is 0 Å². The van der Waals surface area contributed by atoms with Gasteiger partial charge < -0.3 is 10.2 Å². The van der Waals surface area contributed by atoms with E-state index in [9.17, 15) is 13.2 Å². The van der Waals surface area contributed by atoms with Crippen LogP contribution in [-0.4, -0.2) is 39.2 Å². The van der Waals surface area contributed by atoms with Gasteiger partial charge in [0.25, 0.3) is 0 Å². The van der Waals surface area contributed by atoms with Crippen molar-refractivity contribution >= 4 is 27.3 Å². The molecule has 0 aliphatic heterocycles. The van der Waals surface area contributed by atoms with Crippen LogP contribution in [0.4, 0.5) is 11.4 Å². The Morgan fingerprint density at radius 3 is 2.27 bits per heavy atom. The Morgan fingerprint density at radius 1 is 1.12 bits per heavy atom. The van der Waals surface area contributed by atoms with Crippen LogP contribution >= 0.6 is 0 Å². The molecule has 1 amide bonds. The summed E-state index contributed by atoms with van der Waals surface area (Å²) in [5.41, 5.74) is 1.82. The van der Waals surface area contributed by atoms with Gasteiger partial charge >= 0.3 is 0 Å². The molecule has 1 aliphatic rings. The number of benzene rings is 1. The van der Waals surface area contributed by atoms with Crippen molar-refractivity contribution < 1.29 is 13.2 Å². The van der Waals surface area contributed by atoms with Crippen LogP contribution in [0.5, 0.6) is 0 Å². The molecule has 2 N–H and O–H groups in total. The molecule has 1 aliphatic carbocycles. The Balaban J connectivity index is 1.90. The van der Waals surface area contributed by atoms with Gasteiger partial charge in [-0.15, -0.1) is 0 Å². The summed E-state index contributed by atoms with van der Waals surface area (Å²) < 4.78 is 26.5. The second-order valence-corrected chi connectivity index (χ2v) is 10.7. The molecular formula is C19H31N3O3S. The molecule has 7 heteroatoms. The molecule has 1 saturated carbocycles. The van der Waals surface area contributed by atoms with E-state index in [0.717, 1.165) is 11.4 Å². The first kappa shape index (κ1) is 20.7. The van der Waals surface area contributed by atoms with E-state index in [1.807, 2.05) is 43.3 Å². The molecule has 0 aromatic heterocycles. The number of amides is 1. The molecule has 146 valence electrons. The van der Waals surface area contributed by atoms with Crippen LogP contribution < -0.4 is 14.9 Å². The number of nitrogens with zero attached hydrogens (tertiary/aromatic N) is 1. The number of nitrogens with one attached hydrogen (secondary N) is 2. The fraction of sp³-hybridized carbons (Fsp3) is 0.632. The van der Waals surface area contributed by atoms with Crippen molar-refractivity contribution in [1.82, 2.24) is 4.72 Å². The molecule has 2 rings (SSSR count). The topological polar surface area (TPSA) is 78.5 Å². The summed E-state index contributed by atoms with van der Waals surface area (Å²) in [6.07, 6.45) is 2.75. The molecule has 0 radical (unpaired) electrons. The Bertz CT molecular complexity index is 731. The Morgan fingerprint density at radius 2 is 1.73 bits per heavy atom. The number of rotatable bonds is 5. The minimum Gasteiger partial charge on any atom is -0.378 e. The molecule has 1 aromatic rings. The molecule has 0 saturated heterocycles. The Hall–Kier alpha value is -1.60. The third-order valence-electron chi connectivity index (χ3n) is 4.86. The monoisotopic (exact) mass is 381 g/mol. The number of sulfonamides is 1. The van der Waals surface area contributed by atoms with Crippen LogP contribution in [0, 0.1) is 5.92 Å². The van der Waals surface area contributed by atoms with Gasteiger partial charge in [0, 0.05) is 37.4 Å². The molecule has 0 heterocycles. The number of anilines is 2. The zero-order valence-corrected chi connectivity index (χ0v) is 17.2. The lowest BCUT2D eigenvalue weighted by Gasteiger charge is -2.30. The summed E-state index contributed by atoms with van der Waals surface area (Å²) in [7, 11) is 0.567. The molecule has 0 unspecified atom stereocenters. The highest BCUT2D eigenvalue weighted by molar-refractivity contribution is 7.90. The lowest BCUT2D eigenvalue weighted by molar-refractivity contribution is -0.120. The lowest BCUT2D eigenvalue weighted by atomic mass is 9.86. The third kappa shape index (κ3) is 5.20.